The zero-order valence-electron chi connectivity index (χ0n) is 13.1. The molecule has 7 nitrogen and oxygen atoms in total. The predicted molar refractivity (Wildman–Crippen MR) is 81.7 cm³/mol. The quantitative estimate of drug-likeness (QED) is 0.800. The monoisotopic (exact) mass is 292 g/mol. The van der Waals surface area contributed by atoms with Crippen LogP contribution in [0.25, 0.3) is 0 Å². The maximum Gasteiger partial charge on any atom is 0.122 e. The van der Waals surface area contributed by atoms with E-state index < -0.39 is 6.10 Å². The van der Waals surface area contributed by atoms with Crippen molar-refractivity contribution >= 4 is 5.69 Å². The number of aromatic nitrogens is 4. The first kappa shape index (κ1) is 15.5. The van der Waals surface area contributed by atoms with Gasteiger partial charge in [0.05, 0.1) is 36.3 Å². The average Bonchev–Trinajstić information content (AvgIpc) is 2.90. The van der Waals surface area contributed by atoms with Crippen LogP contribution < -0.4 is 5.73 Å². The van der Waals surface area contributed by atoms with E-state index in [0.29, 0.717) is 25.3 Å². The Morgan fingerprint density at radius 2 is 2.14 bits per heavy atom. The minimum Gasteiger partial charge on any atom is -0.396 e. The third kappa shape index (κ3) is 3.62. The van der Waals surface area contributed by atoms with Crippen LogP contribution in [-0.2, 0) is 20.1 Å². The van der Waals surface area contributed by atoms with Crippen molar-refractivity contribution < 1.29 is 5.11 Å². The van der Waals surface area contributed by atoms with E-state index in [1.165, 1.54) is 0 Å². The minimum atomic E-state index is -0.507. The molecule has 2 aromatic rings. The Bertz CT molecular complexity index is 603. The van der Waals surface area contributed by atoms with Gasteiger partial charge in [0.1, 0.15) is 5.82 Å². The summed E-state index contributed by atoms with van der Waals surface area (Å²) in [6.07, 6.45) is 3.18. The fourth-order valence-electron chi connectivity index (χ4n) is 2.36. The molecule has 2 aromatic heterocycles. The van der Waals surface area contributed by atoms with Gasteiger partial charge in [0.15, 0.2) is 0 Å². The lowest BCUT2D eigenvalue weighted by Crippen LogP contribution is -2.33. The van der Waals surface area contributed by atoms with Crippen molar-refractivity contribution in [3.8, 4) is 0 Å². The molecule has 0 bridgehead atoms. The van der Waals surface area contributed by atoms with Gasteiger partial charge in [-0.3, -0.25) is 9.58 Å². The second-order valence-corrected chi connectivity index (χ2v) is 5.57. The number of hydrogen-bond acceptors (Lipinski definition) is 5. The molecule has 0 aromatic carbocycles. The molecule has 116 valence electrons. The van der Waals surface area contributed by atoms with E-state index in [-0.39, 0.29) is 0 Å². The number of aryl methyl sites for hydroxylation is 2. The normalized spacial score (nSPS) is 13.0. The molecule has 0 spiro atoms. The van der Waals surface area contributed by atoms with Crippen LogP contribution in [-0.4, -0.2) is 49.0 Å². The van der Waals surface area contributed by atoms with Gasteiger partial charge >= 0.3 is 0 Å². The number of rotatable bonds is 6. The molecule has 3 N–H and O–H groups in total. The third-order valence-electron chi connectivity index (χ3n) is 3.68. The Morgan fingerprint density at radius 1 is 1.43 bits per heavy atom. The van der Waals surface area contributed by atoms with Gasteiger partial charge in [-0.05, 0) is 20.9 Å². The molecule has 7 heteroatoms. The topological polar surface area (TPSA) is 85.1 Å². The molecule has 0 radical (unpaired) electrons. The Balaban J connectivity index is 1.90. The minimum absolute atomic E-state index is 0.439. The van der Waals surface area contributed by atoms with Crippen LogP contribution in [0.2, 0.25) is 0 Å². The molecule has 2 rings (SSSR count). The number of nitrogen functional groups attached to an aromatic ring is 1. The Kier molecular flexibility index (Phi) is 4.64. The van der Waals surface area contributed by atoms with E-state index in [0.717, 1.165) is 17.2 Å². The highest BCUT2D eigenvalue weighted by Crippen LogP contribution is 2.15. The van der Waals surface area contributed by atoms with Gasteiger partial charge in [0.25, 0.3) is 0 Å². The molecular weight excluding hydrogens is 268 g/mol. The number of hydrogen-bond donors (Lipinski definition) is 2. The first-order valence-electron chi connectivity index (χ1n) is 7.00. The number of likely N-dealkylation sites (N-methyl/N-ethyl adjacent to an activating group) is 1. The lowest BCUT2D eigenvalue weighted by molar-refractivity contribution is 0.102. The van der Waals surface area contributed by atoms with Gasteiger partial charge in [-0.15, -0.1) is 0 Å². The summed E-state index contributed by atoms with van der Waals surface area (Å²) in [6.45, 7) is 5.47. The van der Waals surface area contributed by atoms with E-state index in [1.54, 1.807) is 10.9 Å². The average molecular weight is 292 g/mol. The fourth-order valence-corrected chi connectivity index (χ4v) is 2.36. The third-order valence-corrected chi connectivity index (χ3v) is 3.68. The van der Waals surface area contributed by atoms with Crippen LogP contribution in [0.5, 0.6) is 0 Å². The Morgan fingerprint density at radius 3 is 2.67 bits per heavy atom. The number of imidazole rings is 1. The van der Waals surface area contributed by atoms with E-state index in [1.807, 2.05) is 43.6 Å². The van der Waals surface area contributed by atoms with Crippen molar-refractivity contribution in [3.05, 3.63) is 29.6 Å². The number of nitrogens with zero attached hydrogens (tertiary/aromatic N) is 5. The van der Waals surface area contributed by atoms with Crippen LogP contribution in [0.3, 0.4) is 0 Å². The highest BCUT2D eigenvalue weighted by atomic mass is 16.3. The van der Waals surface area contributed by atoms with Gasteiger partial charge < -0.3 is 15.4 Å². The lowest BCUT2D eigenvalue weighted by atomic mass is 10.3. The lowest BCUT2D eigenvalue weighted by Gasteiger charge is -2.20. The van der Waals surface area contributed by atoms with E-state index >= 15 is 0 Å². The van der Waals surface area contributed by atoms with Crippen LogP contribution >= 0.6 is 0 Å². The summed E-state index contributed by atoms with van der Waals surface area (Å²) in [5, 5.41) is 14.6. The zero-order valence-corrected chi connectivity index (χ0v) is 13.1. The molecule has 0 aliphatic carbocycles. The van der Waals surface area contributed by atoms with Crippen molar-refractivity contribution in [1.29, 1.82) is 0 Å². The molecule has 1 unspecified atom stereocenters. The molecule has 0 aliphatic heterocycles. The van der Waals surface area contributed by atoms with Gasteiger partial charge in [-0.2, -0.15) is 5.10 Å². The summed E-state index contributed by atoms with van der Waals surface area (Å²) in [5.74, 6) is 0.972. The van der Waals surface area contributed by atoms with E-state index in [4.69, 9.17) is 5.73 Å². The predicted octanol–water partition coefficient (Wildman–Crippen LogP) is 0.309. The number of aliphatic hydroxyl groups is 1. The molecule has 2 heterocycles. The van der Waals surface area contributed by atoms with Crippen LogP contribution in [0, 0.1) is 13.8 Å². The van der Waals surface area contributed by atoms with Gasteiger partial charge in [-0.25, -0.2) is 4.98 Å². The summed E-state index contributed by atoms with van der Waals surface area (Å²) in [4.78, 5) is 6.33. The number of nitrogens with two attached hydrogens (primary N) is 1. The highest BCUT2D eigenvalue weighted by molar-refractivity contribution is 5.46. The molecule has 21 heavy (non-hydrogen) atoms. The number of anilines is 1. The maximum absolute atomic E-state index is 10.2. The van der Waals surface area contributed by atoms with Gasteiger partial charge in [0, 0.05) is 26.0 Å². The van der Waals surface area contributed by atoms with Crippen molar-refractivity contribution in [2.45, 2.75) is 33.0 Å². The van der Waals surface area contributed by atoms with Gasteiger partial charge in [-0.1, -0.05) is 0 Å². The second kappa shape index (κ2) is 6.28. The molecular formula is C14H24N6O. The largest absolute Gasteiger partial charge is 0.396 e. The standard InChI is InChI=1S/C14H24N6O/c1-10-14(15)11(2)20(17-10)8-12(21)7-18(3)9-13-16-5-6-19(13)4/h5-6,12,21H,7-9,15H2,1-4H3. The molecule has 0 saturated carbocycles. The summed E-state index contributed by atoms with van der Waals surface area (Å²) >= 11 is 0. The highest BCUT2D eigenvalue weighted by Gasteiger charge is 2.14. The van der Waals surface area contributed by atoms with Crippen molar-refractivity contribution in [2.24, 2.45) is 7.05 Å². The maximum atomic E-state index is 10.2. The number of aliphatic hydroxyl groups excluding tert-OH is 1. The van der Waals surface area contributed by atoms with Crippen LogP contribution in [0.4, 0.5) is 5.69 Å². The Labute approximate surface area is 125 Å². The molecule has 0 fully saturated rings. The zero-order chi connectivity index (χ0) is 15.6. The summed E-state index contributed by atoms with van der Waals surface area (Å²) in [5.41, 5.74) is 8.31. The summed E-state index contributed by atoms with van der Waals surface area (Å²) in [7, 11) is 3.93. The second-order valence-electron chi connectivity index (χ2n) is 5.57. The van der Waals surface area contributed by atoms with Crippen molar-refractivity contribution in [1.82, 2.24) is 24.2 Å². The Hall–Kier alpha value is -1.86. The van der Waals surface area contributed by atoms with Crippen LogP contribution in [0.1, 0.15) is 17.2 Å². The van der Waals surface area contributed by atoms with E-state index in [9.17, 15) is 5.11 Å². The van der Waals surface area contributed by atoms with E-state index in [2.05, 4.69) is 10.1 Å². The SMILES string of the molecule is Cc1nn(CC(O)CN(C)Cc2nccn2C)c(C)c1N. The molecule has 0 saturated heterocycles. The molecule has 0 aliphatic rings. The smallest absolute Gasteiger partial charge is 0.122 e. The molecule has 1 atom stereocenters. The van der Waals surface area contributed by atoms with Crippen LogP contribution in [0.15, 0.2) is 12.4 Å². The first-order valence-corrected chi connectivity index (χ1v) is 7.00. The van der Waals surface area contributed by atoms with Gasteiger partial charge in [0.2, 0.25) is 0 Å². The summed E-state index contributed by atoms with van der Waals surface area (Å²) < 4.78 is 3.74. The van der Waals surface area contributed by atoms with Crippen molar-refractivity contribution in [3.63, 3.8) is 0 Å². The molecule has 0 amide bonds. The fraction of sp³-hybridized carbons (Fsp3) is 0.571. The summed E-state index contributed by atoms with van der Waals surface area (Å²) in [6, 6.07) is 0. The first-order chi connectivity index (χ1) is 9.88. The van der Waals surface area contributed by atoms with Crippen molar-refractivity contribution in [2.75, 3.05) is 19.3 Å².